The van der Waals surface area contributed by atoms with Gasteiger partial charge < -0.3 is 5.32 Å². The van der Waals surface area contributed by atoms with Gasteiger partial charge in [-0.2, -0.15) is 0 Å². The van der Waals surface area contributed by atoms with E-state index in [-0.39, 0.29) is 12.1 Å². The summed E-state index contributed by atoms with van der Waals surface area (Å²) in [6.45, 7) is 0. The lowest BCUT2D eigenvalue weighted by Crippen LogP contribution is -2.30. The summed E-state index contributed by atoms with van der Waals surface area (Å²) in [6.07, 6.45) is 18.7. The Morgan fingerprint density at radius 3 is 2.87 bits per heavy atom. The van der Waals surface area contributed by atoms with Crippen LogP contribution in [0.1, 0.15) is 0 Å². The first-order chi connectivity index (χ1) is 7.43. The molecule has 0 radical (unpaired) electrons. The van der Waals surface area contributed by atoms with Crippen molar-refractivity contribution in [3.63, 3.8) is 0 Å². The van der Waals surface area contributed by atoms with Crippen molar-refractivity contribution in [2.75, 3.05) is 0 Å². The lowest BCUT2D eigenvalue weighted by Gasteiger charge is -2.14. The molecule has 0 fully saturated rings. The number of allylic oxidation sites excluding steroid dienone is 4. The van der Waals surface area contributed by atoms with Gasteiger partial charge in [0.1, 0.15) is 0 Å². The molecule has 2 heteroatoms. The summed E-state index contributed by atoms with van der Waals surface area (Å²) in [5.41, 5.74) is 2.33. The molecule has 3 aliphatic rings. The van der Waals surface area contributed by atoms with Crippen LogP contribution in [0, 0.1) is 0 Å². The predicted molar refractivity (Wildman–Crippen MR) is 62.8 cm³/mol. The van der Waals surface area contributed by atoms with E-state index in [9.17, 15) is 0 Å². The van der Waals surface area contributed by atoms with Crippen LogP contribution in [0.2, 0.25) is 0 Å². The average molecular weight is 196 g/mol. The smallest absolute Gasteiger partial charge is 0.0951 e. The van der Waals surface area contributed by atoms with Gasteiger partial charge in [-0.25, -0.2) is 0 Å². The van der Waals surface area contributed by atoms with Gasteiger partial charge >= 0.3 is 0 Å². The molecule has 74 valence electrons. The molecule has 2 atom stereocenters. The van der Waals surface area contributed by atoms with Crippen LogP contribution >= 0.6 is 0 Å². The minimum atomic E-state index is 0.179. The van der Waals surface area contributed by atoms with Crippen LogP contribution in [-0.4, -0.2) is 17.8 Å². The normalized spacial score (nSPS) is 30.9. The Hall–Kier alpha value is -1.83. The van der Waals surface area contributed by atoms with E-state index in [1.165, 1.54) is 5.57 Å². The van der Waals surface area contributed by atoms with Crippen molar-refractivity contribution >= 4 is 5.71 Å². The van der Waals surface area contributed by atoms with Gasteiger partial charge in [0.15, 0.2) is 0 Å². The zero-order valence-electron chi connectivity index (χ0n) is 8.30. The molecule has 15 heavy (non-hydrogen) atoms. The van der Waals surface area contributed by atoms with E-state index in [0.29, 0.717) is 0 Å². The van der Waals surface area contributed by atoms with Crippen molar-refractivity contribution in [2.45, 2.75) is 12.1 Å². The summed E-state index contributed by atoms with van der Waals surface area (Å²) in [6, 6.07) is 0.411. The molecule has 0 amide bonds. The second kappa shape index (κ2) is 3.39. The highest BCUT2D eigenvalue weighted by molar-refractivity contribution is 6.02. The van der Waals surface area contributed by atoms with Gasteiger partial charge in [-0.3, -0.25) is 4.99 Å². The third-order valence-electron chi connectivity index (χ3n) is 2.75. The van der Waals surface area contributed by atoms with Crippen molar-refractivity contribution in [1.82, 2.24) is 5.32 Å². The maximum absolute atomic E-state index is 4.73. The molecule has 3 rings (SSSR count). The minimum Gasteiger partial charge on any atom is -0.379 e. The zero-order chi connectivity index (χ0) is 10.1. The SMILES string of the molecule is C1=CC2=CNC3C=CC=CC3=NC2C=C1. The fourth-order valence-corrected chi connectivity index (χ4v) is 1.94. The molecule has 0 saturated heterocycles. The number of fused-ring (bicyclic) bond motifs is 2. The summed E-state index contributed by atoms with van der Waals surface area (Å²) in [7, 11) is 0. The number of nitrogens with zero attached hydrogens (tertiary/aromatic N) is 1. The topological polar surface area (TPSA) is 24.4 Å². The highest BCUT2D eigenvalue weighted by atomic mass is 15.0. The summed E-state index contributed by atoms with van der Waals surface area (Å²) in [5, 5.41) is 3.37. The van der Waals surface area contributed by atoms with Crippen molar-refractivity contribution < 1.29 is 0 Å². The van der Waals surface area contributed by atoms with E-state index in [4.69, 9.17) is 4.99 Å². The first kappa shape index (κ1) is 8.48. The Bertz CT molecular complexity index is 447. The molecule has 0 spiro atoms. The predicted octanol–water partition coefficient (Wildman–Crippen LogP) is 1.90. The second-order valence-electron chi connectivity index (χ2n) is 3.78. The maximum atomic E-state index is 4.73. The molecule has 1 N–H and O–H groups in total. The van der Waals surface area contributed by atoms with E-state index in [0.717, 1.165) is 5.71 Å². The third kappa shape index (κ3) is 1.48. The second-order valence-corrected chi connectivity index (χ2v) is 3.78. The molecule has 0 aromatic carbocycles. The van der Waals surface area contributed by atoms with Crippen LogP contribution in [0.3, 0.4) is 0 Å². The van der Waals surface area contributed by atoms with Crippen LogP contribution in [0.4, 0.5) is 0 Å². The first-order valence-electron chi connectivity index (χ1n) is 5.17. The third-order valence-corrected chi connectivity index (χ3v) is 2.75. The lowest BCUT2D eigenvalue weighted by atomic mass is 10.0. The van der Waals surface area contributed by atoms with Crippen molar-refractivity contribution in [3.05, 3.63) is 60.4 Å². The minimum absolute atomic E-state index is 0.179. The Morgan fingerprint density at radius 2 is 1.87 bits per heavy atom. The number of hydrogen-bond donors (Lipinski definition) is 1. The maximum Gasteiger partial charge on any atom is 0.0951 e. The largest absolute Gasteiger partial charge is 0.379 e. The van der Waals surface area contributed by atoms with Crippen LogP contribution in [0.15, 0.2) is 65.4 Å². The quantitative estimate of drug-likeness (QED) is 0.628. The van der Waals surface area contributed by atoms with Crippen LogP contribution in [0.5, 0.6) is 0 Å². The summed E-state index contributed by atoms with van der Waals surface area (Å²) in [4.78, 5) is 4.73. The van der Waals surface area contributed by atoms with Gasteiger partial charge in [0, 0.05) is 6.20 Å². The standard InChI is InChI=1S/C13H12N2/c1-2-6-11-10(5-1)9-14-12-7-3-4-8-13(12)15-11/h1-9,11-12,14H. The molecule has 2 nitrogen and oxygen atoms in total. The molecule has 0 aromatic heterocycles. The van der Waals surface area contributed by atoms with E-state index < -0.39 is 0 Å². The van der Waals surface area contributed by atoms with Crippen molar-refractivity contribution in [3.8, 4) is 0 Å². The fraction of sp³-hybridized carbons (Fsp3) is 0.154. The van der Waals surface area contributed by atoms with Crippen LogP contribution < -0.4 is 5.32 Å². The molecular formula is C13H12N2. The molecule has 0 aromatic rings. The van der Waals surface area contributed by atoms with E-state index >= 15 is 0 Å². The van der Waals surface area contributed by atoms with Gasteiger partial charge in [0.05, 0.1) is 17.8 Å². The van der Waals surface area contributed by atoms with Crippen molar-refractivity contribution in [2.24, 2.45) is 4.99 Å². The molecule has 2 unspecified atom stereocenters. The highest BCUT2D eigenvalue weighted by Gasteiger charge is 2.19. The summed E-state index contributed by atoms with van der Waals surface area (Å²) < 4.78 is 0. The lowest BCUT2D eigenvalue weighted by molar-refractivity contribution is 0.878. The first-order valence-corrected chi connectivity index (χ1v) is 5.17. The zero-order valence-corrected chi connectivity index (χ0v) is 8.30. The molecule has 1 heterocycles. The number of rotatable bonds is 0. The summed E-state index contributed by atoms with van der Waals surface area (Å²) >= 11 is 0. The molecule has 0 bridgehead atoms. The highest BCUT2D eigenvalue weighted by Crippen LogP contribution is 2.19. The van der Waals surface area contributed by atoms with E-state index in [1.54, 1.807) is 0 Å². The number of aliphatic imine (C=N–C) groups is 1. The summed E-state index contributed by atoms with van der Waals surface area (Å²) in [5.74, 6) is 0. The fourth-order valence-electron chi connectivity index (χ4n) is 1.94. The van der Waals surface area contributed by atoms with Gasteiger partial charge in [-0.05, 0) is 11.6 Å². The van der Waals surface area contributed by atoms with Gasteiger partial charge in [-0.15, -0.1) is 0 Å². The Kier molecular flexibility index (Phi) is 1.91. The molecular weight excluding hydrogens is 184 g/mol. The molecule has 2 aliphatic carbocycles. The molecule has 1 aliphatic heterocycles. The van der Waals surface area contributed by atoms with Crippen molar-refractivity contribution in [1.29, 1.82) is 0 Å². The monoisotopic (exact) mass is 196 g/mol. The van der Waals surface area contributed by atoms with Crippen LogP contribution in [-0.2, 0) is 0 Å². The number of nitrogens with one attached hydrogen (secondary N) is 1. The van der Waals surface area contributed by atoms with Gasteiger partial charge in [0.2, 0.25) is 0 Å². The van der Waals surface area contributed by atoms with Crippen LogP contribution in [0.25, 0.3) is 0 Å². The Labute approximate surface area is 89.1 Å². The van der Waals surface area contributed by atoms with E-state index in [2.05, 4.69) is 48.0 Å². The average Bonchev–Trinajstić information content (AvgIpc) is 2.48. The molecule has 0 saturated carbocycles. The van der Waals surface area contributed by atoms with E-state index in [1.807, 2.05) is 12.2 Å². The van der Waals surface area contributed by atoms with Gasteiger partial charge in [0.25, 0.3) is 0 Å². The Morgan fingerprint density at radius 1 is 1.00 bits per heavy atom. The number of hydrogen-bond acceptors (Lipinski definition) is 2. The van der Waals surface area contributed by atoms with Gasteiger partial charge in [-0.1, -0.05) is 42.5 Å². The Balaban J connectivity index is 2.02.